The van der Waals surface area contributed by atoms with Crippen LogP contribution < -0.4 is 0 Å². The van der Waals surface area contributed by atoms with E-state index in [1.165, 1.54) is 0 Å². The van der Waals surface area contributed by atoms with Gasteiger partial charge >= 0.3 is 0 Å². The number of halogens is 3. The second-order valence-electron chi connectivity index (χ2n) is 4.21. The predicted molar refractivity (Wildman–Crippen MR) is 69.8 cm³/mol. The van der Waals surface area contributed by atoms with Crippen LogP contribution in [-0.4, -0.2) is 20.5 Å². The first-order chi connectivity index (χ1) is 9.15. The normalized spacial score (nSPS) is 18.0. The quantitative estimate of drug-likeness (QED) is 0.808. The molecule has 1 unspecified atom stereocenters. The molecule has 2 aromatic rings. The minimum absolute atomic E-state index is 0.0109. The molecule has 0 saturated carbocycles. The molecule has 0 radical (unpaired) electrons. The first-order valence-electron chi connectivity index (χ1n) is 5.80. The molecular weight excluding hydrogens is 292 g/mol. The monoisotopic (exact) mass is 301 g/mol. The van der Waals surface area contributed by atoms with E-state index in [0.29, 0.717) is 16.8 Å². The van der Waals surface area contributed by atoms with Crippen molar-refractivity contribution < 1.29 is 8.78 Å². The SMILES string of the molecule is FC(F)Sc1nc2n(n1)C(c1ccccc1Cl)CC2. The highest BCUT2D eigenvalue weighted by Gasteiger charge is 2.28. The predicted octanol–water partition coefficient (Wildman–Crippen LogP) is 3.78. The fourth-order valence-electron chi connectivity index (χ4n) is 2.30. The van der Waals surface area contributed by atoms with Gasteiger partial charge in [-0.15, -0.1) is 5.10 Å². The van der Waals surface area contributed by atoms with Crippen LogP contribution in [0.15, 0.2) is 29.4 Å². The Hall–Kier alpha value is -1.14. The minimum Gasteiger partial charge on any atom is -0.241 e. The Bertz CT molecular complexity index is 602. The summed E-state index contributed by atoms with van der Waals surface area (Å²) in [6.45, 7) is 0. The molecule has 1 aromatic heterocycles. The lowest BCUT2D eigenvalue weighted by atomic mass is 10.1. The first kappa shape index (κ1) is 12.9. The zero-order chi connectivity index (χ0) is 13.4. The maximum atomic E-state index is 12.3. The number of fused-ring (bicyclic) bond motifs is 1. The van der Waals surface area contributed by atoms with E-state index in [1.54, 1.807) is 4.68 Å². The van der Waals surface area contributed by atoms with E-state index >= 15 is 0 Å². The van der Waals surface area contributed by atoms with Crippen LogP contribution in [0.5, 0.6) is 0 Å². The van der Waals surface area contributed by atoms with Gasteiger partial charge in [-0.05, 0) is 29.8 Å². The van der Waals surface area contributed by atoms with E-state index < -0.39 is 5.76 Å². The number of alkyl halides is 2. The molecule has 0 N–H and O–H groups in total. The summed E-state index contributed by atoms with van der Waals surface area (Å²) in [6, 6.07) is 7.51. The van der Waals surface area contributed by atoms with Gasteiger partial charge in [0, 0.05) is 11.4 Å². The number of aromatic nitrogens is 3. The number of hydrogen-bond acceptors (Lipinski definition) is 3. The topological polar surface area (TPSA) is 30.7 Å². The summed E-state index contributed by atoms with van der Waals surface area (Å²) in [5.74, 6) is -1.75. The van der Waals surface area contributed by atoms with E-state index in [9.17, 15) is 8.78 Å². The van der Waals surface area contributed by atoms with Gasteiger partial charge < -0.3 is 0 Å². The number of rotatable bonds is 3. The summed E-state index contributed by atoms with van der Waals surface area (Å²) >= 11 is 6.55. The molecular formula is C12H10ClF2N3S. The van der Waals surface area contributed by atoms with Crippen molar-refractivity contribution in [1.82, 2.24) is 14.8 Å². The first-order valence-corrected chi connectivity index (χ1v) is 7.05. The van der Waals surface area contributed by atoms with Gasteiger partial charge in [-0.2, -0.15) is 8.78 Å². The third-order valence-electron chi connectivity index (χ3n) is 3.08. The number of benzene rings is 1. The smallest absolute Gasteiger partial charge is 0.241 e. The maximum absolute atomic E-state index is 12.3. The Balaban J connectivity index is 1.93. The largest absolute Gasteiger partial charge is 0.291 e. The minimum atomic E-state index is -2.50. The van der Waals surface area contributed by atoms with Crippen molar-refractivity contribution in [1.29, 1.82) is 0 Å². The molecule has 0 bridgehead atoms. The fourth-order valence-corrected chi connectivity index (χ4v) is 3.02. The summed E-state index contributed by atoms with van der Waals surface area (Å²) in [6.07, 6.45) is 1.57. The molecule has 1 aliphatic heterocycles. The Kier molecular flexibility index (Phi) is 3.45. The molecule has 0 fully saturated rings. The van der Waals surface area contributed by atoms with Gasteiger partial charge in [-0.1, -0.05) is 29.8 Å². The van der Waals surface area contributed by atoms with Crippen molar-refractivity contribution in [3.8, 4) is 0 Å². The zero-order valence-electron chi connectivity index (χ0n) is 9.76. The van der Waals surface area contributed by atoms with E-state index in [2.05, 4.69) is 10.1 Å². The highest BCUT2D eigenvalue weighted by molar-refractivity contribution is 7.99. The molecule has 3 nitrogen and oxygen atoms in total. The molecule has 1 atom stereocenters. The molecule has 7 heteroatoms. The van der Waals surface area contributed by atoms with Crippen molar-refractivity contribution in [3.63, 3.8) is 0 Å². The average Bonchev–Trinajstić information content (AvgIpc) is 2.89. The number of nitrogens with zero attached hydrogens (tertiary/aromatic N) is 3. The van der Waals surface area contributed by atoms with Crippen LogP contribution in [0, 0.1) is 0 Å². The second kappa shape index (κ2) is 5.09. The summed E-state index contributed by atoms with van der Waals surface area (Å²) in [5.41, 5.74) is 0.960. The van der Waals surface area contributed by atoms with Crippen molar-refractivity contribution in [2.45, 2.75) is 29.8 Å². The number of aryl methyl sites for hydroxylation is 1. The molecule has 0 aliphatic carbocycles. The van der Waals surface area contributed by atoms with Gasteiger partial charge in [0.25, 0.3) is 5.76 Å². The van der Waals surface area contributed by atoms with Crippen LogP contribution in [0.2, 0.25) is 5.02 Å². The summed E-state index contributed by atoms with van der Waals surface area (Å²) in [4.78, 5) is 4.13. The molecule has 19 heavy (non-hydrogen) atoms. The lowest BCUT2D eigenvalue weighted by Gasteiger charge is -2.13. The van der Waals surface area contributed by atoms with E-state index in [4.69, 9.17) is 11.6 Å². The fraction of sp³-hybridized carbons (Fsp3) is 0.333. The third kappa shape index (κ3) is 2.47. The van der Waals surface area contributed by atoms with E-state index in [0.717, 1.165) is 24.2 Å². The van der Waals surface area contributed by atoms with Crippen LogP contribution in [0.4, 0.5) is 8.78 Å². The molecule has 1 aromatic carbocycles. The average molecular weight is 302 g/mol. The number of thioether (sulfide) groups is 1. The van der Waals surface area contributed by atoms with Crippen molar-refractivity contribution in [2.24, 2.45) is 0 Å². The molecule has 1 aliphatic rings. The number of hydrogen-bond donors (Lipinski definition) is 0. The maximum Gasteiger partial charge on any atom is 0.291 e. The van der Waals surface area contributed by atoms with Crippen LogP contribution in [-0.2, 0) is 6.42 Å². The lowest BCUT2D eigenvalue weighted by molar-refractivity contribution is 0.251. The Morgan fingerprint density at radius 1 is 1.37 bits per heavy atom. The van der Waals surface area contributed by atoms with Crippen molar-refractivity contribution >= 4 is 23.4 Å². The second-order valence-corrected chi connectivity index (χ2v) is 5.57. The molecule has 0 spiro atoms. The van der Waals surface area contributed by atoms with Crippen LogP contribution in [0.1, 0.15) is 23.9 Å². The van der Waals surface area contributed by atoms with Gasteiger partial charge in [0.2, 0.25) is 5.16 Å². The summed E-state index contributed by atoms with van der Waals surface area (Å²) in [7, 11) is 0. The van der Waals surface area contributed by atoms with E-state index in [-0.39, 0.29) is 11.2 Å². The standard InChI is InChI=1S/C12H10ClF2N3S/c13-8-4-2-1-3-7(8)9-5-6-10-16-12(17-18(9)10)19-11(14)15/h1-4,9,11H,5-6H2. The summed E-state index contributed by atoms with van der Waals surface area (Å²) in [5, 5.41) is 4.95. The Morgan fingerprint density at radius 2 is 2.16 bits per heavy atom. The molecule has 0 amide bonds. The summed E-state index contributed by atoms with van der Waals surface area (Å²) < 4.78 is 26.4. The van der Waals surface area contributed by atoms with Crippen LogP contribution in [0.25, 0.3) is 0 Å². The Morgan fingerprint density at radius 3 is 2.89 bits per heavy atom. The van der Waals surface area contributed by atoms with E-state index in [1.807, 2.05) is 24.3 Å². The van der Waals surface area contributed by atoms with Crippen molar-refractivity contribution in [2.75, 3.05) is 0 Å². The van der Waals surface area contributed by atoms with Gasteiger partial charge in [-0.3, -0.25) is 0 Å². The Labute approximate surface area is 118 Å². The lowest BCUT2D eigenvalue weighted by Crippen LogP contribution is -2.08. The molecule has 2 heterocycles. The van der Waals surface area contributed by atoms with Gasteiger partial charge in [0.1, 0.15) is 5.82 Å². The highest BCUT2D eigenvalue weighted by atomic mass is 35.5. The van der Waals surface area contributed by atoms with Gasteiger partial charge in [-0.25, -0.2) is 9.67 Å². The van der Waals surface area contributed by atoms with Gasteiger partial charge in [0.05, 0.1) is 6.04 Å². The van der Waals surface area contributed by atoms with Crippen molar-refractivity contribution in [3.05, 3.63) is 40.7 Å². The third-order valence-corrected chi connectivity index (χ3v) is 3.98. The molecule has 100 valence electrons. The zero-order valence-corrected chi connectivity index (χ0v) is 11.3. The van der Waals surface area contributed by atoms with Crippen LogP contribution >= 0.6 is 23.4 Å². The highest BCUT2D eigenvalue weighted by Crippen LogP contribution is 2.35. The molecule has 3 rings (SSSR count). The van der Waals surface area contributed by atoms with Gasteiger partial charge in [0.15, 0.2) is 0 Å². The molecule has 0 saturated heterocycles. The van der Waals surface area contributed by atoms with Crippen LogP contribution in [0.3, 0.4) is 0 Å².